The topological polar surface area (TPSA) is 38.8 Å². The number of ether oxygens (including phenoxy) is 1. The number of rotatable bonds is 2. The van der Waals surface area contributed by atoms with Crippen molar-refractivity contribution < 1.29 is 14.4 Å². The maximum Gasteiger partial charge on any atom is 0.313 e. The molecule has 0 amide bonds. The van der Waals surface area contributed by atoms with Crippen LogP contribution in [0.15, 0.2) is 30.3 Å². The van der Waals surface area contributed by atoms with E-state index >= 15 is 0 Å². The number of hydrogen-bond donors (Lipinski definition) is 0. The number of hydrogen-bond acceptors (Lipinski definition) is 4. The SMILES string of the molecule is COC(=O)[C@@H]1[C@H](c2ccccc2)N(C)OC12CC2. The van der Waals surface area contributed by atoms with E-state index in [0.717, 1.165) is 18.4 Å². The summed E-state index contributed by atoms with van der Waals surface area (Å²) in [6, 6.07) is 9.94. The summed E-state index contributed by atoms with van der Waals surface area (Å²) >= 11 is 0. The number of carbonyl (C=O) groups excluding carboxylic acids is 1. The van der Waals surface area contributed by atoms with Crippen LogP contribution in [0.5, 0.6) is 0 Å². The molecule has 18 heavy (non-hydrogen) atoms. The summed E-state index contributed by atoms with van der Waals surface area (Å²) in [7, 11) is 3.33. The molecule has 0 N–H and O–H groups in total. The van der Waals surface area contributed by atoms with Crippen molar-refractivity contribution in [3.8, 4) is 0 Å². The first-order chi connectivity index (χ1) is 8.68. The first-order valence-electron chi connectivity index (χ1n) is 6.23. The van der Waals surface area contributed by atoms with Crippen molar-refractivity contribution in [2.24, 2.45) is 5.92 Å². The van der Waals surface area contributed by atoms with Gasteiger partial charge in [0.25, 0.3) is 0 Å². The fraction of sp³-hybridized carbons (Fsp3) is 0.500. The van der Waals surface area contributed by atoms with Gasteiger partial charge >= 0.3 is 5.97 Å². The van der Waals surface area contributed by atoms with E-state index in [9.17, 15) is 4.79 Å². The Morgan fingerprint density at radius 1 is 1.39 bits per heavy atom. The lowest BCUT2D eigenvalue weighted by Crippen LogP contribution is -2.31. The zero-order valence-electron chi connectivity index (χ0n) is 10.6. The zero-order valence-corrected chi connectivity index (χ0v) is 10.6. The predicted molar refractivity (Wildman–Crippen MR) is 65.5 cm³/mol. The molecular weight excluding hydrogens is 230 g/mol. The third-order valence-electron chi connectivity index (χ3n) is 3.94. The van der Waals surface area contributed by atoms with Crippen LogP contribution in [0.25, 0.3) is 0 Å². The van der Waals surface area contributed by atoms with Crippen LogP contribution in [0.1, 0.15) is 24.4 Å². The number of nitrogens with zero attached hydrogens (tertiary/aromatic N) is 1. The van der Waals surface area contributed by atoms with Crippen LogP contribution in [0, 0.1) is 5.92 Å². The van der Waals surface area contributed by atoms with E-state index < -0.39 is 0 Å². The third-order valence-corrected chi connectivity index (χ3v) is 3.94. The first kappa shape index (κ1) is 11.7. The summed E-state index contributed by atoms with van der Waals surface area (Å²) in [5, 5.41) is 1.81. The van der Waals surface area contributed by atoms with Crippen LogP contribution in [0.4, 0.5) is 0 Å². The van der Waals surface area contributed by atoms with E-state index in [-0.39, 0.29) is 23.5 Å². The molecule has 1 saturated heterocycles. The van der Waals surface area contributed by atoms with Gasteiger partial charge in [-0.05, 0) is 18.4 Å². The van der Waals surface area contributed by atoms with Crippen molar-refractivity contribution >= 4 is 5.97 Å². The Morgan fingerprint density at radius 3 is 2.61 bits per heavy atom. The van der Waals surface area contributed by atoms with Crippen molar-refractivity contribution in [1.29, 1.82) is 0 Å². The maximum atomic E-state index is 12.1. The molecule has 2 atom stereocenters. The molecule has 0 unspecified atom stereocenters. The second-order valence-electron chi connectivity index (χ2n) is 5.06. The Bertz CT molecular complexity index is 455. The maximum absolute atomic E-state index is 12.1. The van der Waals surface area contributed by atoms with Crippen LogP contribution in [-0.4, -0.2) is 30.8 Å². The molecule has 1 aliphatic carbocycles. The molecular formula is C14H17NO3. The fourth-order valence-electron chi connectivity index (χ4n) is 2.95. The molecule has 1 saturated carbocycles. The Labute approximate surface area is 106 Å². The summed E-state index contributed by atoms with van der Waals surface area (Å²) in [5.74, 6) is -0.402. The minimum absolute atomic E-state index is 0.0545. The van der Waals surface area contributed by atoms with Crippen molar-refractivity contribution in [1.82, 2.24) is 5.06 Å². The molecule has 96 valence electrons. The third kappa shape index (κ3) is 1.64. The van der Waals surface area contributed by atoms with Gasteiger partial charge in [-0.25, -0.2) is 0 Å². The Kier molecular flexibility index (Phi) is 2.64. The molecule has 3 rings (SSSR count). The van der Waals surface area contributed by atoms with Gasteiger partial charge in [0.2, 0.25) is 0 Å². The number of benzene rings is 1. The van der Waals surface area contributed by atoms with E-state index in [1.807, 2.05) is 42.4 Å². The second-order valence-corrected chi connectivity index (χ2v) is 5.06. The lowest BCUT2D eigenvalue weighted by molar-refractivity contribution is -0.159. The molecule has 2 aliphatic rings. The highest BCUT2D eigenvalue weighted by atomic mass is 16.7. The summed E-state index contributed by atoms with van der Waals surface area (Å²) < 4.78 is 4.96. The van der Waals surface area contributed by atoms with Crippen LogP contribution >= 0.6 is 0 Å². The number of hydroxylamine groups is 2. The molecule has 1 spiro atoms. The summed E-state index contributed by atoms with van der Waals surface area (Å²) in [6.07, 6.45) is 1.86. The molecule has 1 heterocycles. The quantitative estimate of drug-likeness (QED) is 0.748. The molecule has 1 aromatic rings. The van der Waals surface area contributed by atoms with Crippen LogP contribution < -0.4 is 0 Å². The van der Waals surface area contributed by atoms with E-state index in [1.165, 1.54) is 7.11 Å². The minimum atomic E-state index is -0.317. The Hall–Kier alpha value is -1.39. The molecule has 1 aromatic carbocycles. The van der Waals surface area contributed by atoms with E-state index in [0.29, 0.717) is 0 Å². The van der Waals surface area contributed by atoms with E-state index in [1.54, 1.807) is 0 Å². The monoisotopic (exact) mass is 247 g/mol. The first-order valence-corrected chi connectivity index (χ1v) is 6.23. The lowest BCUT2D eigenvalue weighted by Gasteiger charge is -2.21. The zero-order chi connectivity index (χ0) is 12.8. The molecule has 4 nitrogen and oxygen atoms in total. The van der Waals surface area contributed by atoms with Gasteiger partial charge in [-0.1, -0.05) is 30.3 Å². The molecule has 2 fully saturated rings. The molecule has 0 bridgehead atoms. The number of esters is 1. The van der Waals surface area contributed by atoms with Gasteiger partial charge in [-0.2, -0.15) is 5.06 Å². The Balaban J connectivity index is 1.98. The standard InChI is InChI=1S/C14H17NO3/c1-15-12(10-6-4-3-5-7-10)11(13(16)17-2)14(18-15)8-9-14/h3-7,11-12H,8-9H2,1-2H3/t11-,12-/m0/s1. The van der Waals surface area contributed by atoms with E-state index in [4.69, 9.17) is 9.57 Å². The van der Waals surface area contributed by atoms with Gasteiger partial charge in [0.15, 0.2) is 0 Å². The molecule has 0 aromatic heterocycles. The highest BCUT2D eigenvalue weighted by Gasteiger charge is 2.64. The average Bonchev–Trinajstić information content (AvgIpc) is 3.08. The molecule has 0 radical (unpaired) electrons. The smallest absolute Gasteiger partial charge is 0.313 e. The highest BCUT2D eigenvalue weighted by Crippen LogP contribution is 2.57. The van der Waals surface area contributed by atoms with Gasteiger partial charge in [-0.3, -0.25) is 9.63 Å². The average molecular weight is 247 g/mol. The highest BCUT2D eigenvalue weighted by molar-refractivity contribution is 5.76. The largest absolute Gasteiger partial charge is 0.469 e. The second kappa shape index (κ2) is 4.07. The van der Waals surface area contributed by atoms with Crippen molar-refractivity contribution in [2.75, 3.05) is 14.2 Å². The summed E-state index contributed by atoms with van der Waals surface area (Å²) in [6.45, 7) is 0. The van der Waals surface area contributed by atoms with E-state index in [2.05, 4.69) is 0 Å². The Morgan fingerprint density at radius 2 is 2.06 bits per heavy atom. The van der Waals surface area contributed by atoms with Gasteiger partial charge in [0, 0.05) is 7.05 Å². The summed E-state index contributed by atoms with van der Waals surface area (Å²) in [5.41, 5.74) is 0.779. The normalized spacial score (nSPS) is 29.4. The van der Waals surface area contributed by atoms with Gasteiger partial charge in [0.05, 0.1) is 13.2 Å². The van der Waals surface area contributed by atoms with Gasteiger partial charge in [-0.15, -0.1) is 0 Å². The predicted octanol–water partition coefficient (Wildman–Crippen LogP) is 1.93. The van der Waals surface area contributed by atoms with Crippen LogP contribution in [0.3, 0.4) is 0 Å². The molecule has 1 aliphatic heterocycles. The van der Waals surface area contributed by atoms with Crippen molar-refractivity contribution in [3.05, 3.63) is 35.9 Å². The number of carbonyl (C=O) groups is 1. The van der Waals surface area contributed by atoms with Crippen LogP contribution in [-0.2, 0) is 14.4 Å². The minimum Gasteiger partial charge on any atom is -0.469 e. The fourth-order valence-corrected chi connectivity index (χ4v) is 2.95. The lowest BCUT2D eigenvalue weighted by atomic mass is 9.88. The van der Waals surface area contributed by atoms with Crippen molar-refractivity contribution in [3.63, 3.8) is 0 Å². The summed E-state index contributed by atoms with van der Waals surface area (Å²) in [4.78, 5) is 18.0. The van der Waals surface area contributed by atoms with Gasteiger partial charge in [0.1, 0.15) is 11.5 Å². The number of methoxy groups -OCH3 is 1. The van der Waals surface area contributed by atoms with Crippen molar-refractivity contribution in [2.45, 2.75) is 24.5 Å². The van der Waals surface area contributed by atoms with Gasteiger partial charge < -0.3 is 4.74 Å². The molecule has 4 heteroatoms. The van der Waals surface area contributed by atoms with Crippen LogP contribution in [0.2, 0.25) is 0 Å².